The number of aromatic nitrogens is 3. The zero-order valence-corrected chi connectivity index (χ0v) is 17.5. The minimum absolute atomic E-state index is 0.0424. The van der Waals surface area contributed by atoms with Gasteiger partial charge in [0.05, 0.1) is 22.7 Å². The van der Waals surface area contributed by atoms with Gasteiger partial charge in [-0.1, -0.05) is 23.7 Å². The van der Waals surface area contributed by atoms with Crippen molar-refractivity contribution in [1.82, 2.24) is 15.0 Å². The van der Waals surface area contributed by atoms with Crippen LogP contribution < -0.4 is 10.1 Å². The predicted molar refractivity (Wildman–Crippen MR) is 121 cm³/mol. The van der Waals surface area contributed by atoms with Gasteiger partial charge in [0.15, 0.2) is 0 Å². The molecule has 0 unspecified atom stereocenters. The lowest BCUT2D eigenvalue weighted by Crippen LogP contribution is -2.07. The second-order valence-corrected chi connectivity index (χ2v) is 7.09. The Labute approximate surface area is 187 Å². The number of halogens is 1. The normalized spacial score (nSPS) is 11.1. The molecule has 1 heterocycles. The molecule has 0 aliphatic rings. The molecule has 9 nitrogen and oxygen atoms in total. The SMILES string of the molecule is COc1ccc(-n2nc3ccc(NC(=O)C=Cc4cccc([N+](=O)[O-])c4)cc3n2)cc1Cl. The van der Waals surface area contributed by atoms with Crippen LogP contribution in [0.15, 0.2) is 66.7 Å². The molecule has 3 aromatic carbocycles. The number of nitrogens with one attached hydrogen (secondary N) is 1. The fraction of sp³-hybridized carbons (Fsp3) is 0.0455. The number of non-ortho nitro benzene ring substituents is 1. The van der Waals surface area contributed by atoms with Gasteiger partial charge in [-0.2, -0.15) is 4.80 Å². The molecule has 10 heteroatoms. The molecule has 4 rings (SSSR count). The molecule has 0 aliphatic carbocycles. The van der Waals surface area contributed by atoms with Crippen LogP contribution in [0, 0.1) is 10.1 Å². The zero-order valence-electron chi connectivity index (χ0n) is 16.7. The van der Waals surface area contributed by atoms with Crippen molar-refractivity contribution in [2.75, 3.05) is 12.4 Å². The van der Waals surface area contributed by atoms with E-state index in [1.807, 2.05) is 0 Å². The van der Waals surface area contributed by atoms with Crippen molar-refractivity contribution in [2.24, 2.45) is 0 Å². The Bertz CT molecular complexity index is 1370. The highest BCUT2D eigenvalue weighted by Crippen LogP contribution is 2.27. The van der Waals surface area contributed by atoms with Gasteiger partial charge >= 0.3 is 0 Å². The Morgan fingerprint density at radius 2 is 1.94 bits per heavy atom. The minimum Gasteiger partial charge on any atom is -0.495 e. The maximum absolute atomic E-state index is 12.3. The summed E-state index contributed by atoms with van der Waals surface area (Å²) >= 11 is 6.18. The molecule has 0 radical (unpaired) electrons. The van der Waals surface area contributed by atoms with Crippen molar-refractivity contribution >= 4 is 46.0 Å². The van der Waals surface area contributed by atoms with E-state index in [1.165, 1.54) is 36.2 Å². The smallest absolute Gasteiger partial charge is 0.270 e. The van der Waals surface area contributed by atoms with Crippen LogP contribution >= 0.6 is 11.6 Å². The van der Waals surface area contributed by atoms with Gasteiger partial charge < -0.3 is 10.1 Å². The first kappa shape index (κ1) is 21.0. The molecule has 160 valence electrons. The zero-order chi connectivity index (χ0) is 22.7. The van der Waals surface area contributed by atoms with Gasteiger partial charge in [0, 0.05) is 23.9 Å². The summed E-state index contributed by atoms with van der Waals surface area (Å²) in [6.07, 6.45) is 2.81. The largest absolute Gasteiger partial charge is 0.495 e. The summed E-state index contributed by atoms with van der Waals surface area (Å²) in [5, 5.41) is 22.9. The molecular weight excluding hydrogens is 434 g/mol. The van der Waals surface area contributed by atoms with Crippen molar-refractivity contribution < 1.29 is 14.5 Å². The maximum atomic E-state index is 12.3. The van der Waals surface area contributed by atoms with Crippen LogP contribution in [0.1, 0.15) is 5.56 Å². The van der Waals surface area contributed by atoms with E-state index in [1.54, 1.807) is 48.5 Å². The van der Waals surface area contributed by atoms with Crippen LogP contribution in [0.3, 0.4) is 0 Å². The van der Waals surface area contributed by atoms with E-state index < -0.39 is 4.92 Å². The molecule has 1 amide bonds. The van der Waals surface area contributed by atoms with Crippen LogP contribution in [0.4, 0.5) is 11.4 Å². The first-order valence-electron chi connectivity index (χ1n) is 9.37. The topological polar surface area (TPSA) is 112 Å². The number of rotatable bonds is 6. The molecule has 32 heavy (non-hydrogen) atoms. The first-order valence-corrected chi connectivity index (χ1v) is 9.75. The van der Waals surface area contributed by atoms with Crippen molar-refractivity contribution in [3.8, 4) is 11.4 Å². The highest BCUT2D eigenvalue weighted by atomic mass is 35.5. The highest BCUT2D eigenvalue weighted by molar-refractivity contribution is 6.32. The second kappa shape index (κ2) is 8.86. The van der Waals surface area contributed by atoms with Crippen LogP contribution in [0.25, 0.3) is 22.8 Å². The van der Waals surface area contributed by atoms with Crippen LogP contribution in [-0.4, -0.2) is 32.9 Å². The van der Waals surface area contributed by atoms with E-state index in [0.29, 0.717) is 38.7 Å². The summed E-state index contributed by atoms with van der Waals surface area (Å²) in [5.74, 6) is 0.167. The first-order chi connectivity index (χ1) is 15.4. The molecule has 1 aromatic heterocycles. The van der Waals surface area contributed by atoms with Gasteiger partial charge in [-0.3, -0.25) is 14.9 Å². The lowest BCUT2D eigenvalue weighted by molar-refractivity contribution is -0.384. The van der Waals surface area contributed by atoms with E-state index in [-0.39, 0.29) is 11.6 Å². The number of methoxy groups -OCH3 is 1. The Morgan fingerprint density at radius 1 is 1.12 bits per heavy atom. The standard InChI is InChI=1S/C22H16ClN5O4/c1-32-21-9-7-16(13-18(21)23)27-25-19-8-6-15(12-20(19)26-27)24-22(29)10-5-14-3-2-4-17(11-14)28(30)31/h2-13H,1H3,(H,24,29). The Kier molecular flexibility index (Phi) is 5.82. The van der Waals surface area contributed by atoms with E-state index in [9.17, 15) is 14.9 Å². The fourth-order valence-corrected chi connectivity index (χ4v) is 3.24. The minimum atomic E-state index is -0.486. The molecule has 0 saturated carbocycles. The number of anilines is 1. The Morgan fingerprint density at radius 3 is 2.69 bits per heavy atom. The molecule has 1 N–H and O–H groups in total. The van der Waals surface area contributed by atoms with Crippen molar-refractivity contribution in [2.45, 2.75) is 0 Å². The second-order valence-electron chi connectivity index (χ2n) is 6.69. The van der Waals surface area contributed by atoms with Crippen LogP contribution in [0.5, 0.6) is 5.75 Å². The lowest BCUT2D eigenvalue weighted by Gasteiger charge is -2.04. The number of hydrogen-bond acceptors (Lipinski definition) is 6. The van der Waals surface area contributed by atoms with Gasteiger partial charge in [0.1, 0.15) is 16.8 Å². The quantitative estimate of drug-likeness (QED) is 0.260. The summed E-state index contributed by atoms with van der Waals surface area (Å²) in [5.41, 5.74) is 2.92. The van der Waals surface area contributed by atoms with Gasteiger partial charge in [0.2, 0.25) is 5.91 Å². The third kappa shape index (κ3) is 4.57. The number of hydrogen-bond donors (Lipinski definition) is 1. The van der Waals surface area contributed by atoms with Gasteiger partial charge in [-0.05, 0) is 48.0 Å². The molecule has 0 aliphatic heterocycles. The monoisotopic (exact) mass is 449 g/mol. The third-order valence-corrected chi connectivity index (χ3v) is 4.82. The summed E-state index contributed by atoms with van der Waals surface area (Å²) in [6, 6.07) is 16.4. The number of carbonyl (C=O) groups excluding carboxylic acids is 1. The van der Waals surface area contributed by atoms with Crippen molar-refractivity contribution in [3.63, 3.8) is 0 Å². The number of carbonyl (C=O) groups is 1. The lowest BCUT2D eigenvalue weighted by atomic mass is 10.2. The average molecular weight is 450 g/mol. The number of ether oxygens (including phenoxy) is 1. The summed E-state index contributed by atoms with van der Waals surface area (Å²) in [4.78, 5) is 24.1. The van der Waals surface area contributed by atoms with Crippen molar-refractivity contribution in [1.29, 1.82) is 0 Å². The van der Waals surface area contributed by atoms with Gasteiger partial charge in [-0.15, -0.1) is 10.2 Å². The summed E-state index contributed by atoms with van der Waals surface area (Å²) < 4.78 is 5.15. The summed E-state index contributed by atoms with van der Waals surface area (Å²) in [6.45, 7) is 0. The number of nitro groups is 1. The number of benzene rings is 3. The van der Waals surface area contributed by atoms with Crippen LogP contribution in [-0.2, 0) is 4.79 Å². The predicted octanol–water partition coefficient (Wildman–Crippen LogP) is 4.64. The van der Waals surface area contributed by atoms with Gasteiger partial charge in [0.25, 0.3) is 5.69 Å². The maximum Gasteiger partial charge on any atom is 0.270 e. The number of nitro benzene ring substituents is 1. The molecule has 4 aromatic rings. The number of fused-ring (bicyclic) bond motifs is 1. The third-order valence-electron chi connectivity index (χ3n) is 4.52. The molecule has 0 spiro atoms. The van der Waals surface area contributed by atoms with Crippen molar-refractivity contribution in [3.05, 3.63) is 87.4 Å². The summed E-state index contributed by atoms with van der Waals surface area (Å²) in [7, 11) is 1.54. The van der Waals surface area contributed by atoms with E-state index in [2.05, 4.69) is 15.5 Å². The molecule has 0 fully saturated rings. The van der Waals surface area contributed by atoms with Gasteiger partial charge in [-0.25, -0.2) is 0 Å². The fourth-order valence-electron chi connectivity index (χ4n) is 2.99. The molecular formula is C22H16ClN5O4. The highest BCUT2D eigenvalue weighted by Gasteiger charge is 2.09. The van der Waals surface area contributed by atoms with Crippen LogP contribution in [0.2, 0.25) is 5.02 Å². The number of amides is 1. The Hall–Kier alpha value is -4.24. The van der Waals surface area contributed by atoms with E-state index in [4.69, 9.17) is 16.3 Å². The van der Waals surface area contributed by atoms with E-state index in [0.717, 1.165) is 0 Å². The molecule has 0 bridgehead atoms. The van der Waals surface area contributed by atoms with E-state index >= 15 is 0 Å². The Balaban J connectivity index is 1.50. The molecule has 0 saturated heterocycles. The number of nitrogens with zero attached hydrogens (tertiary/aromatic N) is 4. The molecule has 0 atom stereocenters. The average Bonchev–Trinajstić information content (AvgIpc) is 3.21.